The zero-order chi connectivity index (χ0) is 22.3. The van der Waals surface area contributed by atoms with Gasteiger partial charge in [0, 0.05) is 32.6 Å². The first-order valence-electron chi connectivity index (χ1n) is 9.19. The van der Waals surface area contributed by atoms with Crippen LogP contribution in [0.1, 0.15) is 27.7 Å². The van der Waals surface area contributed by atoms with E-state index in [1.165, 1.54) is 39.5 Å². The number of hydrogen-bond acceptors (Lipinski definition) is 10. The van der Waals surface area contributed by atoms with Gasteiger partial charge >= 0.3 is 23.9 Å². The van der Waals surface area contributed by atoms with Crippen LogP contribution in [0.5, 0.6) is 0 Å². The Bertz CT molecular complexity index is 767. The van der Waals surface area contributed by atoms with Crippen LogP contribution in [0.2, 0.25) is 0 Å². The summed E-state index contributed by atoms with van der Waals surface area (Å²) in [6, 6.07) is 9.16. The van der Waals surface area contributed by atoms with E-state index in [2.05, 4.69) is 0 Å². The quantitative estimate of drug-likeness (QED) is 0.460. The molecule has 1 aromatic carbocycles. The minimum atomic E-state index is -1.16. The van der Waals surface area contributed by atoms with E-state index in [0.29, 0.717) is 0 Å². The number of carbonyl (C=O) groups excluding carboxylic acids is 4. The molecule has 9 nitrogen and oxygen atoms in total. The van der Waals surface area contributed by atoms with Crippen LogP contribution in [-0.2, 0) is 42.9 Å². The van der Waals surface area contributed by atoms with Crippen molar-refractivity contribution in [2.24, 2.45) is 0 Å². The predicted octanol–water partition coefficient (Wildman–Crippen LogP) is 1.86. The third-order valence-corrected chi connectivity index (χ3v) is 5.10. The summed E-state index contributed by atoms with van der Waals surface area (Å²) in [5.41, 5.74) is -0.826. The first kappa shape index (κ1) is 23.7. The number of esters is 4. The minimum absolute atomic E-state index is 0.246. The van der Waals surface area contributed by atoms with Gasteiger partial charge < -0.3 is 23.7 Å². The fraction of sp³-hybridized carbons (Fsp3) is 0.500. The molecule has 0 unspecified atom stereocenters. The summed E-state index contributed by atoms with van der Waals surface area (Å²) in [5, 5.41) is 0. The summed E-state index contributed by atoms with van der Waals surface area (Å²) in [7, 11) is 0. The van der Waals surface area contributed by atoms with Crippen molar-refractivity contribution >= 4 is 35.6 Å². The molecule has 0 spiro atoms. The number of benzene rings is 1. The van der Waals surface area contributed by atoms with Crippen molar-refractivity contribution in [3.63, 3.8) is 0 Å². The Hall–Kier alpha value is -2.59. The highest BCUT2D eigenvalue weighted by Crippen LogP contribution is 2.37. The summed E-state index contributed by atoms with van der Waals surface area (Å²) in [6.07, 6.45) is -4.33. The molecule has 0 saturated carbocycles. The minimum Gasteiger partial charge on any atom is -0.463 e. The molecule has 0 aromatic heterocycles. The van der Waals surface area contributed by atoms with E-state index in [4.69, 9.17) is 23.7 Å². The van der Waals surface area contributed by atoms with E-state index >= 15 is 0 Å². The number of carbonyl (C=O) groups is 4. The first-order chi connectivity index (χ1) is 14.2. The van der Waals surface area contributed by atoms with Crippen LogP contribution in [-0.4, -0.2) is 60.3 Å². The fourth-order valence-electron chi connectivity index (χ4n) is 2.92. The molecule has 1 heterocycles. The van der Waals surface area contributed by atoms with E-state index in [9.17, 15) is 19.2 Å². The van der Waals surface area contributed by atoms with Gasteiger partial charge in [-0.2, -0.15) is 0 Å². The summed E-state index contributed by atoms with van der Waals surface area (Å²) in [4.78, 5) is 47.3. The van der Waals surface area contributed by atoms with Gasteiger partial charge in [-0.1, -0.05) is 30.0 Å². The zero-order valence-corrected chi connectivity index (χ0v) is 17.9. The first-order valence-corrected chi connectivity index (χ1v) is 10.1. The smallest absolute Gasteiger partial charge is 0.303 e. The van der Waals surface area contributed by atoms with E-state index in [1.54, 1.807) is 0 Å². The van der Waals surface area contributed by atoms with E-state index < -0.39 is 53.7 Å². The van der Waals surface area contributed by atoms with Crippen LogP contribution in [0.25, 0.3) is 0 Å². The molecule has 1 saturated heterocycles. The molecule has 30 heavy (non-hydrogen) atoms. The van der Waals surface area contributed by atoms with Crippen molar-refractivity contribution in [3.8, 4) is 0 Å². The Morgan fingerprint density at radius 1 is 0.800 bits per heavy atom. The molecule has 5 atom stereocenters. The van der Waals surface area contributed by atoms with Crippen LogP contribution in [0.3, 0.4) is 0 Å². The number of hydrogen-bond donors (Lipinski definition) is 0. The second kappa shape index (κ2) is 11.0. The highest BCUT2D eigenvalue weighted by atomic mass is 32.2. The summed E-state index contributed by atoms with van der Waals surface area (Å²) in [5.74, 6) is -2.51. The van der Waals surface area contributed by atoms with Crippen molar-refractivity contribution in [2.45, 2.75) is 62.4 Å². The van der Waals surface area contributed by atoms with Crippen LogP contribution in [0.4, 0.5) is 0 Å². The van der Waals surface area contributed by atoms with Gasteiger partial charge in [0.2, 0.25) is 0 Å². The van der Waals surface area contributed by atoms with Crippen molar-refractivity contribution in [2.75, 3.05) is 6.61 Å². The van der Waals surface area contributed by atoms with Gasteiger partial charge in [0.1, 0.15) is 18.1 Å². The average molecular weight is 440 g/mol. The molecule has 10 heteroatoms. The molecule has 1 aromatic rings. The second-order valence-electron chi connectivity index (χ2n) is 6.50. The van der Waals surface area contributed by atoms with Gasteiger partial charge in [-0.3, -0.25) is 19.2 Å². The van der Waals surface area contributed by atoms with Crippen LogP contribution in [0.15, 0.2) is 35.2 Å². The van der Waals surface area contributed by atoms with Crippen molar-refractivity contribution in [3.05, 3.63) is 30.3 Å². The average Bonchev–Trinajstić information content (AvgIpc) is 2.64. The predicted molar refractivity (Wildman–Crippen MR) is 104 cm³/mol. The Morgan fingerprint density at radius 3 is 1.87 bits per heavy atom. The van der Waals surface area contributed by atoms with Crippen LogP contribution in [0, 0.1) is 0 Å². The Kier molecular flexibility index (Phi) is 8.67. The van der Waals surface area contributed by atoms with Crippen LogP contribution >= 0.6 is 11.8 Å². The fourth-order valence-corrected chi connectivity index (χ4v) is 4.04. The van der Waals surface area contributed by atoms with Gasteiger partial charge in [-0.15, -0.1) is 0 Å². The molecular weight excluding hydrogens is 416 g/mol. The maximum absolute atomic E-state index is 11.8. The highest BCUT2D eigenvalue weighted by Gasteiger charge is 2.52. The van der Waals surface area contributed by atoms with E-state index in [0.717, 1.165) is 4.90 Å². The van der Waals surface area contributed by atoms with Crippen molar-refractivity contribution in [1.82, 2.24) is 0 Å². The zero-order valence-electron chi connectivity index (χ0n) is 17.1. The molecule has 164 valence electrons. The standard InChI is InChI=1S/C20H24O9S/c1-11(21)25-10-16-17(26-12(2)22)18(27-13(3)23)19(28-14(4)24)20(29-16)30-15-8-6-5-7-9-15/h5-9,16-20H,10H2,1-4H3/t16-,17-,18-,19-,20-/m0/s1. The monoisotopic (exact) mass is 440 g/mol. The summed E-state index contributed by atoms with van der Waals surface area (Å²) < 4.78 is 27.2. The Balaban J connectivity index is 2.42. The molecular formula is C20H24O9S. The van der Waals surface area contributed by atoms with Gasteiger partial charge in [0.15, 0.2) is 18.3 Å². The summed E-state index contributed by atoms with van der Waals surface area (Å²) >= 11 is 1.23. The molecule has 1 aliphatic rings. The van der Waals surface area contributed by atoms with Gasteiger partial charge in [-0.05, 0) is 12.1 Å². The lowest BCUT2D eigenvalue weighted by Crippen LogP contribution is -2.61. The Labute approximate surface area is 178 Å². The largest absolute Gasteiger partial charge is 0.463 e. The molecule has 1 aliphatic heterocycles. The van der Waals surface area contributed by atoms with E-state index in [1.807, 2.05) is 30.3 Å². The summed E-state index contributed by atoms with van der Waals surface area (Å²) in [6.45, 7) is 4.56. The maximum atomic E-state index is 11.8. The highest BCUT2D eigenvalue weighted by molar-refractivity contribution is 7.99. The molecule has 0 N–H and O–H groups in total. The SMILES string of the molecule is CC(=O)OC[C@@H]1O[C@@H](Sc2ccccc2)[C@@H](OC(C)=O)[C@@H](OC(C)=O)[C@H]1OC(C)=O. The molecule has 0 bridgehead atoms. The van der Waals surface area contributed by atoms with Gasteiger partial charge in [0.05, 0.1) is 0 Å². The van der Waals surface area contributed by atoms with Crippen molar-refractivity contribution in [1.29, 1.82) is 0 Å². The maximum Gasteiger partial charge on any atom is 0.303 e. The topological polar surface area (TPSA) is 114 Å². The second-order valence-corrected chi connectivity index (χ2v) is 7.67. The molecule has 0 amide bonds. The van der Waals surface area contributed by atoms with Gasteiger partial charge in [-0.25, -0.2) is 0 Å². The third kappa shape index (κ3) is 7.03. The molecule has 0 radical (unpaired) electrons. The third-order valence-electron chi connectivity index (χ3n) is 3.94. The molecule has 2 rings (SSSR count). The van der Waals surface area contributed by atoms with Crippen LogP contribution < -0.4 is 0 Å². The number of rotatable bonds is 7. The van der Waals surface area contributed by atoms with Crippen molar-refractivity contribution < 1.29 is 42.9 Å². The lowest BCUT2D eigenvalue weighted by molar-refractivity contribution is -0.237. The number of thioether (sulfide) groups is 1. The normalized spacial score (nSPS) is 25.7. The number of ether oxygens (including phenoxy) is 5. The molecule has 1 fully saturated rings. The lowest BCUT2D eigenvalue weighted by Gasteiger charge is -2.44. The van der Waals surface area contributed by atoms with Gasteiger partial charge in [0.25, 0.3) is 0 Å². The van der Waals surface area contributed by atoms with E-state index in [-0.39, 0.29) is 6.61 Å². The molecule has 0 aliphatic carbocycles. The Morgan fingerprint density at radius 2 is 1.33 bits per heavy atom. The lowest BCUT2D eigenvalue weighted by atomic mass is 9.99.